The minimum absolute atomic E-state index is 0.109. The molecule has 0 aromatic heterocycles. The molecule has 0 unspecified atom stereocenters. The van der Waals surface area contributed by atoms with Crippen LogP contribution in [0.4, 0.5) is 0 Å². The maximum Gasteiger partial charge on any atom is 0.180 e. The van der Waals surface area contributed by atoms with E-state index < -0.39 is 0 Å². The van der Waals surface area contributed by atoms with Crippen LogP contribution >= 0.6 is 43.6 Å². The van der Waals surface area contributed by atoms with Crippen LogP contribution in [0, 0.1) is 0 Å². The summed E-state index contributed by atoms with van der Waals surface area (Å²) < 4.78 is 7.42. The van der Waals surface area contributed by atoms with E-state index in [1.54, 1.807) is 6.21 Å². The minimum atomic E-state index is 0.109. The molecule has 0 bridgehead atoms. The molecule has 0 heterocycles. The Kier molecular flexibility index (Phi) is 6.88. The van der Waals surface area contributed by atoms with Crippen molar-refractivity contribution in [2.24, 2.45) is 15.9 Å². The molecule has 2 N–H and O–H groups in total. The number of rotatable bonds is 4. The number of benzene rings is 1. The summed E-state index contributed by atoms with van der Waals surface area (Å²) >= 11 is 8.31. The zero-order valence-corrected chi connectivity index (χ0v) is 14.8. The predicted octanol–water partition coefficient (Wildman–Crippen LogP) is 4.01. The highest BCUT2D eigenvalue weighted by Gasteiger charge is 2.09. The molecule has 19 heavy (non-hydrogen) atoms. The third kappa shape index (κ3) is 5.54. The first-order valence-corrected chi connectivity index (χ1v) is 8.31. The van der Waals surface area contributed by atoms with E-state index in [0.717, 1.165) is 20.3 Å². The maximum absolute atomic E-state index is 5.70. The van der Waals surface area contributed by atoms with Gasteiger partial charge in [0.2, 0.25) is 0 Å². The van der Waals surface area contributed by atoms with Gasteiger partial charge in [-0.2, -0.15) is 5.10 Å². The van der Waals surface area contributed by atoms with Crippen molar-refractivity contribution < 1.29 is 4.74 Å². The van der Waals surface area contributed by atoms with Gasteiger partial charge in [-0.25, -0.2) is 0 Å². The first kappa shape index (κ1) is 16.5. The van der Waals surface area contributed by atoms with Crippen LogP contribution in [0.3, 0.4) is 0 Å². The molecule has 0 saturated heterocycles. The SMILES string of the molecule is CS/C(N)=N/N=C\c1cc(Br)c(OC(C)C)c(Br)c1. The van der Waals surface area contributed by atoms with Gasteiger partial charge >= 0.3 is 0 Å². The second-order valence-corrected chi connectivity index (χ2v) is 6.40. The highest BCUT2D eigenvalue weighted by Crippen LogP contribution is 2.35. The second kappa shape index (κ2) is 7.91. The third-order valence-electron chi connectivity index (χ3n) is 1.95. The van der Waals surface area contributed by atoms with Crippen molar-refractivity contribution in [2.75, 3.05) is 6.26 Å². The third-order valence-corrected chi connectivity index (χ3v) is 3.62. The van der Waals surface area contributed by atoms with Crippen LogP contribution in [-0.4, -0.2) is 23.7 Å². The lowest BCUT2D eigenvalue weighted by Gasteiger charge is -2.13. The summed E-state index contributed by atoms with van der Waals surface area (Å²) in [6.45, 7) is 3.96. The van der Waals surface area contributed by atoms with E-state index in [9.17, 15) is 0 Å². The quantitative estimate of drug-likeness (QED) is 0.465. The summed E-state index contributed by atoms with van der Waals surface area (Å²) in [5, 5.41) is 8.18. The maximum atomic E-state index is 5.70. The molecule has 0 fully saturated rings. The topological polar surface area (TPSA) is 60.0 Å². The molecule has 1 aromatic carbocycles. The van der Waals surface area contributed by atoms with Crippen LogP contribution in [-0.2, 0) is 0 Å². The monoisotopic (exact) mass is 407 g/mol. The Bertz CT molecular complexity index is 481. The summed E-state index contributed by atoms with van der Waals surface area (Å²) in [6.07, 6.45) is 3.59. The van der Waals surface area contributed by atoms with E-state index >= 15 is 0 Å². The van der Waals surface area contributed by atoms with Gasteiger partial charge in [0, 0.05) is 0 Å². The molecule has 7 heteroatoms. The molecular formula is C12H15Br2N3OS. The van der Waals surface area contributed by atoms with E-state index in [1.807, 2.05) is 32.2 Å². The van der Waals surface area contributed by atoms with Crippen molar-refractivity contribution in [2.45, 2.75) is 20.0 Å². The van der Waals surface area contributed by atoms with Gasteiger partial charge in [0.15, 0.2) is 5.17 Å². The van der Waals surface area contributed by atoms with Gasteiger partial charge in [-0.3, -0.25) is 0 Å². The predicted molar refractivity (Wildman–Crippen MR) is 90.3 cm³/mol. The smallest absolute Gasteiger partial charge is 0.180 e. The average Bonchev–Trinajstić information content (AvgIpc) is 2.33. The first-order valence-electron chi connectivity index (χ1n) is 5.50. The van der Waals surface area contributed by atoms with Crippen LogP contribution in [0.15, 0.2) is 31.3 Å². The van der Waals surface area contributed by atoms with Crippen molar-refractivity contribution in [1.82, 2.24) is 0 Å². The van der Waals surface area contributed by atoms with Crippen molar-refractivity contribution in [1.29, 1.82) is 0 Å². The molecule has 0 aliphatic rings. The fraction of sp³-hybridized carbons (Fsp3) is 0.333. The highest BCUT2D eigenvalue weighted by molar-refractivity contribution is 9.11. The lowest BCUT2D eigenvalue weighted by molar-refractivity contribution is 0.239. The van der Waals surface area contributed by atoms with Crippen LogP contribution < -0.4 is 10.5 Å². The number of amidine groups is 1. The number of nitrogens with zero attached hydrogens (tertiary/aromatic N) is 2. The number of hydrogen-bond donors (Lipinski definition) is 1. The largest absolute Gasteiger partial charge is 0.489 e. The van der Waals surface area contributed by atoms with Crippen LogP contribution in [0.25, 0.3) is 0 Å². The van der Waals surface area contributed by atoms with Gasteiger partial charge in [0.1, 0.15) is 5.75 Å². The number of hydrogen-bond acceptors (Lipinski definition) is 4. The average molecular weight is 409 g/mol. The molecule has 0 saturated carbocycles. The Balaban J connectivity index is 2.95. The molecule has 4 nitrogen and oxygen atoms in total. The summed E-state index contributed by atoms with van der Waals surface area (Å²) in [4.78, 5) is 0. The van der Waals surface area contributed by atoms with E-state index in [-0.39, 0.29) is 6.10 Å². The van der Waals surface area contributed by atoms with E-state index in [2.05, 4.69) is 42.1 Å². The number of ether oxygens (including phenoxy) is 1. The van der Waals surface area contributed by atoms with Gasteiger partial charge in [-0.1, -0.05) is 11.8 Å². The van der Waals surface area contributed by atoms with Gasteiger partial charge in [-0.15, -0.1) is 5.10 Å². The van der Waals surface area contributed by atoms with Crippen molar-refractivity contribution in [3.8, 4) is 5.75 Å². The lowest BCUT2D eigenvalue weighted by Crippen LogP contribution is -2.06. The van der Waals surface area contributed by atoms with Gasteiger partial charge in [0.05, 0.1) is 21.3 Å². The summed E-state index contributed by atoms with van der Waals surface area (Å²) in [7, 11) is 0. The summed E-state index contributed by atoms with van der Waals surface area (Å²) in [6, 6.07) is 3.83. The molecular weight excluding hydrogens is 394 g/mol. The molecule has 1 rings (SSSR count). The zero-order valence-electron chi connectivity index (χ0n) is 10.9. The van der Waals surface area contributed by atoms with Crippen LogP contribution in [0.1, 0.15) is 19.4 Å². The Morgan fingerprint density at radius 1 is 1.37 bits per heavy atom. The Labute approximate surface area is 134 Å². The van der Waals surface area contributed by atoms with Crippen molar-refractivity contribution >= 4 is 55.0 Å². The first-order chi connectivity index (χ1) is 8.93. The minimum Gasteiger partial charge on any atom is -0.489 e. The number of thioether (sulfide) groups is 1. The number of nitrogens with two attached hydrogens (primary N) is 1. The van der Waals surface area contributed by atoms with Gasteiger partial charge in [0.25, 0.3) is 0 Å². The molecule has 0 radical (unpaired) electrons. The molecule has 0 atom stereocenters. The standard InChI is InChI=1S/C12H15Br2N3OS/c1-7(2)18-11-9(13)4-8(5-10(11)14)6-16-17-12(15)19-3/h4-7H,1-3H3,(H2,15,17)/b16-6-. The van der Waals surface area contributed by atoms with Crippen LogP contribution in [0.5, 0.6) is 5.75 Å². The molecule has 0 spiro atoms. The lowest BCUT2D eigenvalue weighted by atomic mass is 10.2. The van der Waals surface area contributed by atoms with Crippen LogP contribution in [0.2, 0.25) is 0 Å². The zero-order chi connectivity index (χ0) is 14.4. The van der Waals surface area contributed by atoms with Crippen molar-refractivity contribution in [3.63, 3.8) is 0 Å². The molecule has 0 amide bonds. The van der Waals surface area contributed by atoms with Gasteiger partial charge < -0.3 is 10.5 Å². The molecule has 0 aliphatic heterocycles. The second-order valence-electron chi connectivity index (χ2n) is 3.87. The Morgan fingerprint density at radius 2 is 1.95 bits per heavy atom. The van der Waals surface area contributed by atoms with Gasteiger partial charge in [-0.05, 0) is 69.7 Å². The van der Waals surface area contributed by atoms with E-state index in [0.29, 0.717) is 5.17 Å². The van der Waals surface area contributed by atoms with Crippen molar-refractivity contribution in [3.05, 3.63) is 26.6 Å². The molecule has 1 aromatic rings. The fourth-order valence-electron chi connectivity index (χ4n) is 1.20. The number of halogens is 2. The van der Waals surface area contributed by atoms with E-state index in [1.165, 1.54) is 11.8 Å². The van der Waals surface area contributed by atoms with E-state index in [4.69, 9.17) is 10.5 Å². The molecule has 104 valence electrons. The summed E-state index contributed by atoms with van der Waals surface area (Å²) in [5.74, 6) is 0.777. The normalized spacial score (nSPS) is 12.4. The Morgan fingerprint density at radius 3 is 2.42 bits per heavy atom. The Hall–Kier alpha value is -0.530. The molecule has 0 aliphatic carbocycles. The highest BCUT2D eigenvalue weighted by atomic mass is 79.9. The fourth-order valence-corrected chi connectivity index (χ4v) is 2.73. The summed E-state index contributed by atoms with van der Waals surface area (Å²) in [5.41, 5.74) is 6.43.